The Kier molecular flexibility index (Phi) is 4.01. The van der Waals surface area contributed by atoms with Crippen molar-refractivity contribution < 1.29 is 22.7 Å². The lowest BCUT2D eigenvalue weighted by Crippen LogP contribution is -2.21. The highest BCUT2D eigenvalue weighted by Gasteiger charge is 2.30. The number of hydrogen-bond donors (Lipinski definition) is 1. The molecule has 0 saturated heterocycles. The fourth-order valence-electron chi connectivity index (χ4n) is 2.08. The molecular weight excluding hydrogens is 271 g/mol. The van der Waals surface area contributed by atoms with Crippen LogP contribution in [-0.4, -0.2) is 23.7 Å². The van der Waals surface area contributed by atoms with Gasteiger partial charge in [-0.25, -0.2) is 0 Å². The molecule has 0 aliphatic rings. The van der Waals surface area contributed by atoms with E-state index in [1.165, 1.54) is 0 Å². The Balaban J connectivity index is 2.01. The third kappa shape index (κ3) is 3.53. The number of esters is 1. The van der Waals surface area contributed by atoms with Crippen molar-refractivity contribution in [2.24, 2.45) is 0 Å². The van der Waals surface area contributed by atoms with E-state index in [-0.39, 0.29) is 12.3 Å². The molecule has 0 amide bonds. The average Bonchev–Trinajstić information content (AvgIpc) is 2.79. The first-order valence-electron chi connectivity index (χ1n) is 6.15. The second-order valence-corrected chi connectivity index (χ2v) is 4.67. The number of halogens is 3. The molecule has 108 valence electrons. The molecule has 20 heavy (non-hydrogen) atoms. The van der Waals surface area contributed by atoms with E-state index in [0.29, 0.717) is 0 Å². The molecule has 2 aromatic rings. The van der Waals surface area contributed by atoms with Gasteiger partial charge in [-0.15, -0.1) is 0 Å². The number of carbonyl (C=O) groups excluding carboxylic acids is 1. The molecule has 0 fully saturated rings. The van der Waals surface area contributed by atoms with Crippen LogP contribution in [0.1, 0.15) is 24.8 Å². The SMILES string of the molecule is CC(CC(=O)OCC(F)(F)F)c1c[nH]c2ccccc12. The van der Waals surface area contributed by atoms with Gasteiger partial charge in [0.05, 0.1) is 6.42 Å². The molecule has 1 N–H and O–H groups in total. The van der Waals surface area contributed by atoms with Crippen LogP contribution in [0.15, 0.2) is 30.5 Å². The zero-order valence-electron chi connectivity index (χ0n) is 10.8. The maximum atomic E-state index is 12.0. The monoisotopic (exact) mass is 285 g/mol. The van der Waals surface area contributed by atoms with E-state index in [1.54, 1.807) is 13.1 Å². The molecule has 1 aromatic heterocycles. The summed E-state index contributed by atoms with van der Waals surface area (Å²) in [5.74, 6) is -1.06. The van der Waals surface area contributed by atoms with Crippen LogP contribution in [0.3, 0.4) is 0 Å². The van der Waals surface area contributed by atoms with Gasteiger partial charge in [-0.3, -0.25) is 4.79 Å². The van der Waals surface area contributed by atoms with Crippen LogP contribution in [0.5, 0.6) is 0 Å². The molecule has 1 aromatic carbocycles. The Morgan fingerprint density at radius 1 is 1.35 bits per heavy atom. The Morgan fingerprint density at radius 3 is 2.75 bits per heavy atom. The lowest BCUT2D eigenvalue weighted by molar-refractivity contribution is -0.186. The van der Waals surface area contributed by atoms with Crippen molar-refractivity contribution in [3.05, 3.63) is 36.0 Å². The quantitative estimate of drug-likeness (QED) is 0.869. The van der Waals surface area contributed by atoms with Crippen LogP contribution in [0, 0.1) is 0 Å². The van der Waals surface area contributed by atoms with Crippen LogP contribution in [0.25, 0.3) is 10.9 Å². The van der Waals surface area contributed by atoms with Gasteiger partial charge in [0.1, 0.15) is 0 Å². The first kappa shape index (κ1) is 14.4. The summed E-state index contributed by atoms with van der Waals surface area (Å²) in [7, 11) is 0. The standard InChI is InChI=1S/C14H14F3NO2/c1-9(6-13(19)20-8-14(15,16)17)11-7-18-12-5-3-2-4-10(11)12/h2-5,7,9,18H,6,8H2,1H3. The van der Waals surface area contributed by atoms with E-state index in [9.17, 15) is 18.0 Å². The van der Waals surface area contributed by atoms with Gasteiger partial charge in [-0.05, 0) is 17.5 Å². The van der Waals surface area contributed by atoms with Crippen molar-refractivity contribution in [2.45, 2.75) is 25.4 Å². The Morgan fingerprint density at radius 2 is 2.05 bits per heavy atom. The number of para-hydroxylation sites is 1. The maximum absolute atomic E-state index is 12.0. The number of ether oxygens (including phenoxy) is 1. The number of H-pyrrole nitrogens is 1. The van der Waals surface area contributed by atoms with Crippen LogP contribution in [0.2, 0.25) is 0 Å². The molecule has 2 rings (SSSR count). The van der Waals surface area contributed by atoms with E-state index in [4.69, 9.17) is 0 Å². The number of aromatic amines is 1. The number of hydrogen-bond acceptors (Lipinski definition) is 2. The summed E-state index contributed by atoms with van der Waals surface area (Å²) in [6.07, 6.45) is -2.80. The van der Waals surface area contributed by atoms with Crippen molar-refractivity contribution in [3.8, 4) is 0 Å². The highest BCUT2D eigenvalue weighted by molar-refractivity contribution is 5.84. The first-order valence-corrected chi connectivity index (χ1v) is 6.15. The highest BCUT2D eigenvalue weighted by atomic mass is 19.4. The lowest BCUT2D eigenvalue weighted by Gasteiger charge is -2.11. The highest BCUT2D eigenvalue weighted by Crippen LogP contribution is 2.28. The molecule has 0 spiro atoms. The first-order chi connectivity index (χ1) is 9.37. The van der Waals surface area contributed by atoms with E-state index < -0.39 is 18.8 Å². The maximum Gasteiger partial charge on any atom is 0.422 e. The summed E-state index contributed by atoms with van der Waals surface area (Å²) in [6, 6.07) is 7.55. The summed E-state index contributed by atoms with van der Waals surface area (Å²) < 4.78 is 40.1. The second-order valence-electron chi connectivity index (χ2n) is 4.67. The van der Waals surface area contributed by atoms with E-state index in [2.05, 4.69) is 9.72 Å². The largest absolute Gasteiger partial charge is 0.456 e. The minimum absolute atomic E-state index is 0.0854. The molecule has 1 atom stereocenters. The number of alkyl halides is 3. The number of benzene rings is 1. The molecule has 1 heterocycles. The predicted molar refractivity (Wildman–Crippen MR) is 68.3 cm³/mol. The topological polar surface area (TPSA) is 42.1 Å². The molecule has 6 heteroatoms. The van der Waals surface area contributed by atoms with Crippen molar-refractivity contribution in [2.75, 3.05) is 6.61 Å². The minimum Gasteiger partial charge on any atom is -0.456 e. The third-order valence-corrected chi connectivity index (χ3v) is 3.02. The van der Waals surface area contributed by atoms with Crippen molar-refractivity contribution in [1.29, 1.82) is 0 Å². The molecule has 3 nitrogen and oxygen atoms in total. The minimum atomic E-state index is -4.49. The molecule has 1 unspecified atom stereocenters. The number of aromatic nitrogens is 1. The van der Waals surface area contributed by atoms with Crippen LogP contribution in [-0.2, 0) is 9.53 Å². The van der Waals surface area contributed by atoms with Gasteiger partial charge in [0.25, 0.3) is 0 Å². The molecular formula is C14H14F3NO2. The zero-order valence-corrected chi connectivity index (χ0v) is 10.8. The second kappa shape index (κ2) is 5.56. The number of fused-ring (bicyclic) bond motifs is 1. The molecule has 0 aliphatic heterocycles. The van der Waals surface area contributed by atoms with Crippen molar-refractivity contribution in [3.63, 3.8) is 0 Å². The van der Waals surface area contributed by atoms with Gasteiger partial charge in [0, 0.05) is 17.1 Å². The van der Waals surface area contributed by atoms with Gasteiger partial charge >= 0.3 is 12.1 Å². The van der Waals surface area contributed by atoms with Gasteiger partial charge in [0.15, 0.2) is 6.61 Å². The van der Waals surface area contributed by atoms with Crippen molar-refractivity contribution in [1.82, 2.24) is 4.98 Å². The summed E-state index contributed by atoms with van der Waals surface area (Å²) in [5, 5.41) is 0.962. The van der Waals surface area contributed by atoms with Gasteiger partial charge < -0.3 is 9.72 Å². The summed E-state index contributed by atoms with van der Waals surface area (Å²) in [5.41, 5.74) is 1.82. The van der Waals surface area contributed by atoms with Gasteiger partial charge in [-0.1, -0.05) is 25.1 Å². The van der Waals surface area contributed by atoms with E-state index in [1.807, 2.05) is 24.3 Å². The molecule has 0 aliphatic carbocycles. The van der Waals surface area contributed by atoms with Gasteiger partial charge in [-0.2, -0.15) is 13.2 Å². The van der Waals surface area contributed by atoms with Crippen LogP contribution < -0.4 is 0 Å². The van der Waals surface area contributed by atoms with Gasteiger partial charge in [0.2, 0.25) is 0 Å². The lowest BCUT2D eigenvalue weighted by atomic mass is 9.97. The van der Waals surface area contributed by atoms with Crippen LogP contribution >= 0.6 is 0 Å². The molecule has 0 radical (unpaired) electrons. The fraction of sp³-hybridized carbons (Fsp3) is 0.357. The molecule has 0 saturated carbocycles. The normalized spacial score (nSPS) is 13.4. The Hall–Kier alpha value is -1.98. The summed E-state index contributed by atoms with van der Waals surface area (Å²) in [4.78, 5) is 14.5. The zero-order chi connectivity index (χ0) is 14.8. The van der Waals surface area contributed by atoms with Crippen LogP contribution in [0.4, 0.5) is 13.2 Å². The molecule has 0 bridgehead atoms. The Bertz CT molecular complexity index is 604. The van der Waals surface area contributed by atoms with E-state index >= 15 is 0 Å². The number of rotatable bonds is 4. The van der Waals surface area contributed by atoms with E-state index in [0.717, 1.165) is 16.5 Å². The number of carbonyl (C=O) groups is 1. The average molecular weight is 285 g/mol. The Labute approximate surface area is 113 Å². The fourth-order valence-corrected chi connectivity index (χ4v) is 2.08. The predicted octanol–water partition coefficient (Wildman–Crippen LogP) is 3.77. The smallest absolute Gasteiger partial charge is 0.422 e. The number of nitrogens with one attached hydrogen (secondary N) is 1. The van der Waals surface area contributed by atoms with Crippen molar-refractivity contribution >= 4 is 16.9 Å². The summed E-state index contributed by atoms with van der Waals surface area (Å²) in [6.45, 7) is 0.247. The third-order valence-electron chi connectivity index (χ3n) is 3.02. The summed E-state index contributed by atoms with van der Waals surface area (Å²) >= 11 is 0.